The molecular weight excluding hydrogens is 336 g/mol. The van der Waals surface area contributed by atoms with Crippen LogP contribution in [0.1, 0.15) is 50.0 Å². The average Bonchev–Trinajstić information content (AvgIpc) is 3.18. The summed E-state index contributed by atoms with van der Waals surface area (Å²) in [7, 11) is 1.71. The first-order valence-corrected chi connectivity index (χ1v) is 9.80. The monoisotopic (exact) mass is 364 g/mol. The highest BCUT2D eigenvalue weighted by Gasteiger charge is 2.26. The van der Waals surface area contributed by atoms with Crippen molar-refractivity contribution in [3.05, 3.63) is 48.0 Å². The van der Waals surface area contributed by atoms with Crippen LogP contribution in [-0.2, 0) is 0 Å². The van der Waals surface area contributed by atoms with Gasteiger partial charge >= 0.3 is 0 Å². The Balaban J connectivity index is 1.68. The van der Waals surface area contributed by atoms with Crippen LogP contribution in [0, 0.1) is 6.92 Å². The number of piperidine rings is 1. The van der Waals surface area contributed by atoms with Gasteiger partial charge < -0.3 is 14.2 Å². The van der Waals surface area contributed by atoms with E-state index in [4.69, 9.17) is 9.72 Å². The maximum atomic E-state index is 5.55. The van der Waals surface area contributed by atoms with Crippen molar-refractivity contribution in [3.8, 4) is 5.75 Å². The third kappa shape index (κ3) is 3.27. The molecule has 4 rings (SSSR count). The lowest BCUT2D eigenvalue weighted by molar-refractivity contribution is 0.418. The molecule has 0 bridgehead atoms. The van der Waals surface area contributed by atoms with E-state index in [0.29, 0.717) is 12.0 Å². The molecule has 1 unspecified atom stereocenters. The van der Waals surface area contributed by atoms with Gasteiger partial charge in [0.2, 0.25) is 0 Å². The van der Waals surface area contributed by atoms with Gasteiger partial charge in [0.1, 0.15) is 22.9 Å². The van der Waals surface area contributed by atoms with Gasteiger partial charge in [-0.3, -0.25) is 0 Å². The molecule has 1 aliphatic heterocycles. The molecule has 3 aromatic rings. The average molecular weight is 364 g/mol. The minimum absolute atomic E-state index is 0.433. The molecule has 1 aliphatic rings. The topological polar surface area (TPSA) is 43.2 Å². The number of para-hydroxylation sites is 1. The highest BCUT2D eigenvalue weighted by molar-refractivity contribution is 5.88. The number of imidazole rings is 1. The molecule has 0 aliphatic carbocycles. The second-order valence-corrected chi connectivity index (χ2v) is 7.73. The van der Waals surface area contributed by atoms with Crippen molar-refractivity contribution in [1.82, 2.24) is 14.5 Å². The number of anilines is 1. The molecule has 0 N–H and O–H groups in total. The molecule has 3 heterocycles. The summed E-state index contributed by atoms with van der Waals surface area (Å²) in [4.78, 5) is 12.1. The van der Waals surface area contributed by atoms with Crippen LogP contribution < -0.4 is 9.64 Å². The smallest absolute Gasteiger partial charge is 0.145 e. The molecular formula is C22H28N4O. The van der Waals surface area contributed by atoms with Crippen LogP contribution in [0.3, 0.4) is 0 Å². The van der Waals surface area contributed by atoms with Crippen molar-refractivity contribution >= 4 is 16.7 Å². The molecule has 27 heavy (non-hydrogen) atoms. The summed E-state index contributed by atoms with van der Waals surface area (Å²) in [6.45, 7) is 8.57. The van der Waals surface area contributed by atoms with Gasteiger partial charge in [-0.1, -0.05) is 12.1 Å². The van der Waals surface area contributed by atoms with Gasteiger partial charge in [-0.25, -0.2) is 9.97 Å². The van der Waals surface area contributed by atoms with Crippen molar-refractivity contribution in [1.29, 1.82) is 0 Å². The highest BCUT2D eigenvalue weighted by Crippen LogP contribution is 2.33. The fourth-order valence-electron chi connectivity index (χ4n) is 4.17. The molecule has 5 heteroatoms. The minimum atomic E-state index is 0.433. The van der Waals surface area contributed by atoms with Crippen molar-refractivity contribution in [2.45, 2.75) is 45.6 Å². The van der Waals surface area contributed by atoms with Crippen LogP contribution in [0.25, 0.3) is 10.9 Å². The molecule has 1 atom stereocenters. The number of ether oxygens (including phenoxy) is 1. The van der Waals surface area contributed by atoms with E-state index < -0.39 is 0 Å². The largest absolute Gasteiger partial charge is 0.494 e. The normalized spacial score (nSPS) is 17.7. The van der Waals surface area contributed by atoms with Crippen molar-refractivity contribution in [2.24, 2.45) is 0 Å². The minimum Gasteiger partial charge on any atom is -0.494 e. The van der Waals surface area contributed by atoms with Crippen LogP contribution in [0.2, 0.25) is 0 Å². The van der Waals surface area contributed by atoms with Crippen molar-refractivity contribution in [2.75, 3.05) is 25.1 Å². The van der Waals surface area contributed by atoms with Gasteiger partial charge in [0.25, 0.3) is 0 Å². The quantitative estimate of drug-likeness (QED) is 0.672. The maximum absolute atomic E-state index is 5.55. The number of nitrogens with zero attached hydrogens (tertiary/aromatic N) is 4. The van der Waals surface area contributed by atoms with Gasteiger partial charge in [-0.15, -0.1) is 0 Å². The number of benzene rings is 1. The van der Waals surface area contributed by atoms with E-state index in [1.165, 1.54) is 17.8 Å². The maximum Gasteiger partial charge on any atom is 0.145 e. The van der Waals surface area contributed by atoms with E-state index in [1.807, 2.05) is 18.3 Å². The molecule has 0 radical (unpaired) electrons. The summed E-state index contributed by atoms with van der Waals surface area (Å²) in [5.74, 6) is 3.51. The summed E-state index contributed by atoms with van der Waals surface area (Å²) < 4.78 is 7.85. The number of fused-ring (bicyclic) bond motifs is 1. The predicted molar refractivity (Wildman–Crippen MR) is 110 cm³/mol. The zero-order chi connectivity index (χ0) is 19.0. The van der Waals surface area contributed by atoms with Gasteiger partial charge in [-0.05, 0) is 51.3 Å². The SMILES string of the molecule is COc1cccc2c(C)cc(N3CCCC(c4nccn4C(C)C)C3)nc12. The van der Waals surface area contributed by atoms with Gasteiger partial charge in [0, 0.05) is 42.8 Å². The third-order valence-electron chi connectivity index (χ3n) is 5.58. The highest BCUT2D eigenvalue weighted by atomic mass is 16.5. The van der Waals surface area contributed by atoms with E-state index in [0.717, 1.165) is 42.0 Å². The molecule has 0 amide bonds. The first kappa shape index (κ1) is 17.8. The van der Waals surface area contributed by atoms with E-state index in [1.54, 1.807) is 7.11 Å². The number of hydrogen-bond acceptors (Lipinski definition) is 4. The van der Waals surface area contributed by atoms with Gasteiger partial charge in [-0.2, -0.15) is 0 Å². The Bertz CT molecular complexity index is 947. The Morgan fingerprint density at radius 2 is 2.11 bits per heavy atom. The van der Waals surface area contributed by atoms with Crippen LogP contribution in [0.15, 0.2) is 36.7 Å². The van der Waals surface area contributed by atoms with E-state index in [-0.39, 0.29) is 0 Å². The second-order valence-electron chi connectivity index (χ2n) is 7.73. The zero-order valence-electron chi connectivity index (χ0n) is 16.6. The van der Waals surface area contributed by atoms with E-state index in [2.05, 4.69) is 53.6 Å². The number of rotatable bonds is 4. The summed E-state index contributed by atoms with van der Waals surface area (Å²) in [6, 6.07) is 8.76. The van der Waals surface area contributed by atoms with E-state index >= 15 is 0 Å². The lowest BCUT2D eigenvalue weighted by atomic mass is 9.96. The molecule has 1 aromatic carbocycles. The lowest BCUT2D eigenvalue weighted by Crippen LogP contribution is -2.36. The molecule has 0 spiro atoms. The number of hydrogen-bond donors (Lipinski definition) is 0. The first-order valence-electron chi connectivity index (χ1n) is 9.80. The van der Waals surface area contributed by atoms with Crippen LogP contribution in [0.5, 0.6) is 5.75 Å². The number of methoxy groups -OCH3 is 1. The molecule has 0 saturated carbocycles. The summed E-state index contributed by atoms with van der Waals surface area (Å²) >= 11 is 0. The van der Waals surface area contributed by atoms with Crippen molar-refractivity contribution in [3.63, 3.8) is 0 Å². The molecule has 142 valence electrons. The summed E-state index contributed by atoms with van der Waals surface area (Å²) in [6.07, 6.45) is 6.36. The van der Waals surface area contributed by atoms with Crippen molar-refractivity contribution < 1.29 is 4.74 Å². The fraction of sp³-hybridized carbons (Fsp3) is 0.455. The summed E-state index contributed by atoms with van der Waals surface area (Å²) in [5, 5.41) is 1.15. The number of pyridine rings is 1. The molecule has 5 nitrogen and oxygen atoms in total. The third-order valence-corrected chi connectivity index (χ3v) is 5.58. The standard InChI is InChI=1S/C22H28N4O/c1-15(2)26-12-10-23-22(26)17-7-6-11-25(14-17)20-13-16(3)18-8-5-9-19(27-4)21(18)24-20/h5,8-10,12-13,15,17H,6-7,11,14H2,1-4H3. The Kier molecular flexibility index (Phi) is 4.77. The Morgan fingerprint density at radius 1 is 1.26 bits per heavy atom. The van der Waals surface area contributed by atoms with Crippen LogP contribution >= 0.6 is 0 Å². The molecule has 1 saturated heterocycles. The lowest BCUT2D eigenvalue weighted by Gasteiger charge is -2.34. The Labute approximate surface area is 161 Å². The second kappa shape index (κ2) is 7.22. The molecule has 2 aromatic heterocycles. The Hall–Kier alpha value is -2.56. The van der Waals surface area contributed by atoms with Crippen LogP contribution in [0.4, 0.5) is 5.82 Å². The zero-order valence-corrected chi connectivity index (χ0v) is 16.6. The number of aryl methyl sites for hydroxylation is 1. The predicted octanol–water partition coefficient (Wildman–Crippen LogP) is 4.71. The van der Waals surface area contributed by atoms with Gasteiger partial charge in [0.15, 0.2) is 0 Å². The fourth-order valence-corrected chi connectivity index (χ4v) is 4.17. The van der Waals surface area contributed by atoms with Gasteiger partial charge in [0.05, 0.1) is 7.11 Å². The number of aromatic nitrogens is 3. The van der Waals surface area contributed by atoms with Crippen LogP contribution in [-0.4, -0.2) is 34.7 Å². The summed E-state index contributed by atoms with van der Waals surface area (Å²) in [5.41, 5.74) is 2.18. The molecule has 1 fully saturated rings. The Morgan fingerprint density at radius 3 is 2.89 bits per heavy atom. The first-order chi connectivity index (χ1) is 13.1. The van der Waals surface area contributed by atoms with E-state index in [9.17, 15) is 0 Å².